The van der Waals surface area contributed by atoms with Gasteiger partial charge in [-0.05, 0) is 38.5 Å². The maximum absolute atomic E-state index is 5.70. The van der Waals surface area contributed by atoms with Crippen molar-refractivity contribution < 1.29 is 4.74 Å². The molecule has 1 aromatic rings. The van der Waals surface area contributed by atoms with Crippen LogP contribution in [0.25, 0.3) is 0 Å². The first-order chi connectivity index (χ1) is 7.96. The fraction of sp³-hybridized carbons (Fsp3) is 0.571. The van der Waals surface area contributed by atoms with Crippen molar-refractivity contribution in [3.8, 4) is 5.75 Å². The Hall–Kier alpha value is -1.22. The minimum absolute atomic E-state index is 0.146. The summed E-state index contributed by atoms with van der Waals surface area (Å²) in [7, 11) is 2.11. The Kier molecular flexibility index (Phi) is 3.29. The minimum Gasteiger partial charge on any atom is -0.490 e. The van der Waals surface area contributed by atoms with E-state index in [0.29, 0.717) is 0 Å². The molecule has 1 aliphatic rings. The molecule has 0 radical (unpaired) electrons. The number of likely N-dealkylation sites (N-methyl/N-ethyl adjacent to an activating group) is 1. The van der Waals surface area contributed by atoms with Crippen molar-refractivity contribution in [1.29, 1.82) is 0 Å². The number of nitrogens with one attached hydrogen (secondary N) is 1. The van der Waals surface area contributed by atoms with Crippen LogP contribution in [0.2, 0.25) is 0 Å². The van der Waals surface area contributed by atoms with Gasteiger partial charge in [0.25, 0.3) is 0 Å². The van der Waals surface area contributed by atoms with E-state index < -0.39 is 0 Å². The zero-order chi connectivity index (χ0) is 12.5. The molecule has 0 aliphatic carbocycles. The Morgan fingerprint density at radius 2 is 2.12 bits per heavy atom. The summed E-state index contributed by atoms with van der Waals surface area (Å²) in [5.74, 6) is 1.01. The zero-order valence-electron chi connectivity index (χ0n) is 11.2. The van der Waals surface area contributed by atoms with Crippen LogP contribution >= 0.6 is 0 Å². The molecule has 0 aromatic heterocycles. The Bertz CT molecular complexity index is 396. The van der Waals surface area contributed by atoms with Crippen LogP contribution < -0.4 is 15.0 Å². The SMILES string of the molecule is CN1CCOc2cc(CNC(C)(C)C)ccc21. The number of benzene rings is 1. The van der Waals surface area contributed by atoms with Crippen molar-refractivity contribution in [3.05, 3.63) is 23.8 Å². The average Bonchev–Trinajstić information content (AvgIpc) is 2.26. The van der Waals surface area contributed by atoms with Gasteiger partial charge in [-0.2, -0.15) is 0 Å². The Morgan fingerprint density at radius 3 is 2.82 bits per heavy atom. The van der Waals surface area contributed by atoms with E-state index in [1.54, 1.807) is 0 Å². The fourth-order valence-electron chi connectivity index (χ4n) is 1.88. The molecule has 0 saturated carbocycles. The number of ether oxygens (including phenoxy) is 1. The quantitative estimate of drug-likeness (QED) is 0.850. The van der Waals surface area contributed by atoms with Gasteiger partial charge < -0.3 is 15.0 Å². The summed E-state index contributed by atoms with van der Waals surface area (Å²) in [6.07, 6.45) is 0. The van der Waals surface area contributed by atoms with Crippen molar-refractivity contribution in [3.63, 3.8) is 0 Å². The maximum Gasteiger partial charge on any atom is 0.143 e. The van der Waals surface area contributed by atoms with E-state index in [2.05, 4.69) is 56.2 Å². The molecule has 2 rings (SSSR count). The smallest absolute Gasteiger partial charge is 0.143 e. The topological polar surface area (TPSA) is 24.5 Å². The lowest BCUT2D eigenvalue weighted by Gasteiger charge is -2.28. The highest BCUT2D eigenvalue weighted by Gasteiger charge is 2.15. The standard InChI is InChI=1S/C14H22N2O/c1-14(2,3)15-10-11-5-6-12-13(9-11)17-8-7-16(12)4/h5-6,9,15H,7-8,10H2,1-4H3. The van der Waals surface area contributed by atoms with Crippen LogP contribution in [0.3, 0.4) is 0 Å². The molecule has 0 spiro atoms. The highest BCUT2D eigenvalue weighted by molar-refractivity contribution is 5.60. The van der Waals surface area contributed by atoms with Crippen LogP contribution in [0.4, 0.5) is 5.69 Å². The molecule has 1 N–H and O–H groups in total. The van der Waals surface area contributed by atoms with Crippen molar-refractivity contribution in [1.82, 2.24) is 5.32 Å². The summed E-state index contributed by atoms with van der Waals surface area (Å²) in [5.41, 5.74) is 2.61. The molecular weight excluding hydrogens is 212 g/mol. The van der Waals surface area contributed by atoms with E-state index >= 15 is 0 Å². The molecule has 0 fully saturated rings. The summed E-state index contributed by atoms with van der Waals surface area (Å²) < 4.78 is 5.70. The van der Waals surface area contributed by atoms with E-state index in [1.807, 2.05) is 0 Å². The lowest BCUT2D eigenvalue weighted by Crippen LogP contribution is -2.35. The predicted octanol–water partition coefficient (Wildman–Crippen LogP) is 2.40. The van der Waals surface area contributed by atoms with Crippen LogP contribution in [0.15, 0.2) is 18.2 Å². The number of fused-ring (bicyclic) bond motifs is 1. The molecule has 0 amide bonds. The van der Waals surface area contributed by atoms with Crippen LogP contribution in [-0.4, -0.2) is 25.7 Å². The van der Waals surface area contributed by atoms with Gasteiger partial charge in [0.05, 0.1) is 12.2 Å². The Labute approximate surface area is 104 Å². The number of hydrogen-bond acceptors (Lipinski definition) is 3. The molecule has 94 valence electrons. The molecule has 0 unspecified atom stereocenters. The number of hydrogen-bond donors (Lipinski definition) is 1. The molecule has 17 heavy (non-hydrogen) atoms. The molecule has 0 bridgehead atoms. The highest BCUT2D eigenvalue weighted by Crippen LogP contribution is 2.31. The summed E-state index contributed by atoms with van der Waals surface area (Å²) in [5, 5.41) is 3.49. The maximum atomic E-state index is 5.70. The van der Waals surface area contributed by atoms with Gasteiger partial charge >= 0.3 is 0 Å². The van der Waals surface area contributed by atoms with Crippen LogP contribution in [0, 0.1) is 0 Å². The van der Waals surface area contributed by atoms with Crippen molar-refractivity contribution in [2.45, 2.75) is 32.9 Å². The summed E-state index contributed by atoms with van der Waals surface area (Å²) >= 11 is 0. The number of anilines is 1. The van der Waals surface area contributed by atoms with Crippen LogP contribution in [0.5, 0.6) is 5.75 Å². The molecule has 0 saturated heterocycles. The number of nitrogens with zero attached hydrogens (tertiary/aromatic N) is 1. The monoisotopic (exact) mass is 234 g/mol. The summed E-state index contributed by atoms with van der Waals surface area (Å²) in [4.78, 5) is 2.24. The first-order valence-electron chi connectivity index (χ1n) is 6.17. The van der Waals surface area contributed by atoms with Gasteiger partial charge in [-0.3, -0.25) is 0 Å². The van der Waals surface area contributed by atoms with Crippen molar-refractivity contribution >= 4 is 5.69 Å². The van der Waals surface area contributed by atoms with E-state index in [9.17, 15) is 0 Å². The zero-order valence-corrected chi connectivity index (χ0v) is 11.2. The molecule has 0 atom stereocenters. The van der Waals surface area contributed by atoms with Crippen LogP contribution in [0.1, 0.15) is 26.3 Å². The third kappa shape index (κ3) is 3.13. The van der Waals surface area contributed by atoms with Crippen molar-refractivity contribution in [2.75, 3.05) is 25.1 Å². The first-order valence-corrected chi connectivity index (χ1v) is 6.17. The lowest BCUT2D eigenvalue weighted by atomic mass is 10.1. The van der Waals surface area contributed by atoms with Crippen molar-refractivity contribution in [2.24, 2.45) is 0 Å². The van der Waals surface area contributed by atoms with Gasteiger partial charge in [-0.15, -0.1) is 0 Å². The van der Waals surface area contributed by atoms with Gasteiger partial charge in [0.15, 0.2) is 0 Å². The molecule has 1 heterocycles. The average molecular weight is 234 g/mol. The van der Waals surface area contributed by atoms with Gasteiger partial charge in [0.1, 0.15) is 12.4 Å². The van der Waals surface area contributed by atoms with Gasteiger partial charge in [-0.1, -0.05) is 6.07 Å². The van der Waals surface area contributed by atoms with Gasteiger partial charge in [0.2, 0.25) is 0 Å². The molecule has 3 heteroatoms. The second-order valence-electron chi connectivity index (χ2n) is 5.68. The second kappa shape index (κ2) is 4.57. The van der Waals surface area contributed by atoms with E-state index in [-0.39, 0.29) is 5.54 Å². The lowest BCUT2D eigenvalue weighted by molar-refractivity contribution is 0.310. The van der Waals surface area contributed by atoms with Gasteiger partial charge in [-0.25, -0.2) is 0 Å². The highest BCUT2D eigenvalue weighted by atomic mass is 16.5. The second-order valence-corrected chi connectivity index (χ2v) is 5.68. The summed E-state index contributed by atoms with van der Waals surface area (Å²) in [6.45, 7) is 9.15. The molecule has 1 aliphatic heterocycles. The summed E-state index contributed by atoms with van der Waals surface area (Å²) in [6, 6.07) is 6.46. The third-order valence-corrected chi connectivity index (χ3v) is 2.94. The van der Waals surface area contributed by atoms with E-state index in [0.717, 1.165) is 25.4 Å². The van der Waals surface area contributed by atoms with E-state index in [4.69, 9.17) is 4.74 Å². The van der Waals surface area contributed by atoms with Gasteiger partial charge in [0, 0.05) is 19.1 Å². The molecular formula is C14H22N2O. The largest absolute Gasteiger partial charge is 0.490 e. The minimum atomic E-state index is 0.146. The Morgan fingerprint density at radius 1 is 1.35 bits per heavy atom. The Balaban J connectivity index is 2.11. The molecule has 1 aromatic carbocycles. The molecule has 3 nitrogen and oxygen atoms in total. The number of rotatable bonds is 2. The van der Waals surface area contributed by atoms with E-state index in [1.165, 1.54) is 11.3 Å². The third-order valence-electron chi connectivity index (χ3n) is 2.94. The predicted molar refractivity (Wildman–Crippen MR) is 71.8 cm³/mol. The fourth-order valence-corrected chi connectivity index (χ4v) is 1.88. The first kappa shape index (κ1) is 12.2. The van der Waals surface area contributed by atoms with Crippen LogP contribution in [-0.2, 0) is 6.54 Å². The normalized spacial score (nSPS) is 15.4.